The fourth-order valence-electron chi connectivity index (χ4n) is 3.34. The summed E-state index contributed by atoms with van der Waals surface area (Å²) in [5, 5.41) is 20.5. The first-order valence-electron chi connectivity index (χ1n) is 6.00. The third-order valence-corrected chi connectivity index (χ3v) is 4.47. The van der Waals surface area contributed by atoms with Crippen molar-refractivity contribution < 1.29 is 10.2 Å². The van der Waals surface area contributed by atoms with E-state index in [1.54, 1.807) is 6.92 Å². The van der Waals surface area contributed by atoms with Gasteiger partial charge in [-0.1, -0.05) is 18.6 Å². The number of aliphatic hydroxyl groups is 2. The van der Waals surface area contributed by atoms with Crippen molar-refractivity contribution >= 4 is 0 Å². The molecular formula is C13H22O2. The number of allylic oxidation sites excluding steroid dienone is 1. The van der Waals surface area contributed by atoms with E-state index in [4.69, 9.17) is 0 Å². The van der Waals surface area contributed by atoms with Gasteiger partial charge in [0.25, 0.3) is 0 Å². The molecule has 2 N–H and O–H groups in total. The maximum absolute atomic E-state index is 10.4. The molecule has 0 radical (unpaired) electrons. The monoisotopic (exact) mass is 210 g/mol. The number of fused-ring (bicyclic) bond motifs is 1. The molecule has 2 nitrogen and oxygen atoms in total. The van der Waals surface area contributed by atoms with Crippen LogP contribution in [-0.4, -0.2) is 21.9 Å². The molecule has 2 rings (SSSR count). The van der Waals surface area contributed by atoms with E-state index in [-0.39, 0.29) is 5.92 Å². The minimum atomic E-state index is -0.913. The van der Waals surface area contributed by atoms with Crippen molar-refractivity contribution in [3.05, 3.63) is 11.6 Å². The summed E-state index contributed by atoms with van der Waals surface area (Å²) in [5.74, 6) is 1.33. The van der Waals surface area contributed by atoms with Crippen LogP contribution in [0.25, 0.3) is 0 Å². The van der Waals surface area contributed by atoms with E-state index < -0.39 is 11.7 Å². The van der Waals surface area contributed by atoms with Crippen LogP contribution in [0.15, 0.2) is 11.6 Å². The normalized spacial score (nSPS) is 50.9. The lowest BCUT2D eigenvalue weighted by Crippen LogP contribution is -2.46. The molecule has 2 heteroatoms. The zero-order chi connectivity index (χ0) is 11.2. The van der Waals surface area contributed by atoms with Crippen molar-refractivity contribution in [1.29, 1.82) is 0 Å². The van der Waals surface area contributed by atoms with E-state index in [1.165, 1.54) is 12.0 Å². The van der Waals surface area contributed by atoms with E-state index in [0.29, 0.717) is 18.3 Å². The fraction of sp³-hybridized carbons (Fsp3) is 0.846. The molecule has 2 aliphatic carbocycles. The molecule has 5 atom stereocenters. The second-order valence-corrected chi connectivity index (χ2v) is 5.70. The molecule has 0 saturated heterocycles. The highest BCUT2D eigenvalue weighted by atomic mass is 16.3. The Morgan fingerprint density at radius 3 is 2.73 bits per heavy atom. The smallest absolute Gasteiger partial charge is 0.0914 e. The Balaban J connectivity index is 2.35. The minimum Gasteiger partial charge on any atom is -0.390 e. The first kappa shape index (κ1) is 11.2. The molecule has 0 aliphatic heterocycles. The molecule has 2 unspecified atom stereocenters. The SMILES string of the molecule is CC1=C[C@@H]2C(C)CC[C@H]2[C@](C)(O)C(O)C1. The van der Waals surface area contributed by atoms with E-state index >= 15 is 0 Å². The topological polar surface area (TPSA) is 40.5 Å². The summed E-state index contributed by atoms with van der Waals surface area (Å²) >= 11 is 0. The standard InChI is InChI=1S/C13H22O2/c1-8-6-10-9(2)4-5-11(10)13(3,15)12(14)7-8/h6,9-12,14-15H,4-5,7H2,1-3H3/t9?,10-,11-,12?,13+/m1/s1. The second-order valence-electron chi connectivity index (χ2n) is 5.70. The van der Waals surface area contributed by atoms with Crippen LogP contribution in [-0.2, 0) is 0 Å². The van der Waals surface area contributed by atoms with Crippen molar-refractivity contribution in [3.63, 3.8) is 0 Å². The predicted molar refractivity (Wildman–Crippen MR) is 60.4 cm³/mol. The van der Waals surface area contributed by atoms with Gasteiger partial charge in [-0.15, -0.1) is 0 Å². The number of hydrogen-bond acceptors (Lipinski definition) is 2. The summed E-state index contributed by atoms with van der Waals surface area (Å²) in [4.78, 5) is 0. The molecule has 2 aliphatic rings. The van der Waals surface area contributed by atoms with Crippen molar-refractivity contribution in [1.82, 2.24) is 0 Å². The predicted octanol–water partition coefficient (Wildman–Crippen LogP) is 2.11. The van der Waals surface area contributed by atoms with E-state index in [9.17, 15) is 10.2 Å². The van der Waals surface area contributed by atoms with E-state index in [1.807, 2.05) is 0 Å². The fourth-order valence-corrected chi connectivity index (χ4v) is 3.34. The molecule has 0 amide bonds. The first-order chi connectivity index (χ1) is 6.93. The molecule has 15 heavy (non-hydrogen) atoms. The highest BCUT2D eigenvalue weighted by molar-refractivity contribution is 5.15. The largest absolute Gasteiger partial charge is 0.390 e. The number of rotatable bonds is 0. The van der Waals surface area contributed by atoms with Gasteiger partial charge in [0.15, 0.2) is 0 Å². The van der Waals surface area contributed by atoms with Crippen molar-refractivity contribution in [2.75, 3.05) is 0 Å². The average Bonchev–Trinajstić information content (AvgIpc) is 2.44. The van der Waals surface area contributed by atoms with Crippen molar-refractivity contribution in [2.24, 2.45) is 17.8 Å². The van der Waals surface area contributed by atoms with Crippen LogP contribution in [0.1, 0.15) is 40.0 Å². The second kappa shape index (κ2) is 3.60. The zero-order valence-electron chi connectivity index (χ0n) is 9.90. The summed E-state index contributed by atoms with van der Waals surface area (Å²) in [6.45, 7) is 6.12. The van der Waals surface area contributed by atoms with Gasteiger partial charge in [-0.2, -0.15) is 0 Å². The van der Waals surface area contributed by atoms with Crippen LogP contribution in [0.3, 0.4) is 0 Å². The average molecular weight is 210 g/mol. The maximum Gasteiger partial charge on any atom is 0.0914 e. The Bertz CT molecular complexity index is 280. The number of hydrogen-bond donors (Lipinski definition) is 2. The van der Waals surface area contributed by atoms with Crippen molar-refractivity contribution in [3.8, 4) is 0 Å². The first-order valence-corrected chi connectivity index (χ1v) is 6.00. The van der Waals surface area contributed by atoms with Gasteiger partial charge in [0.2, 0.25) is 0 Å². The van der Waals surface area contributed by atoms with Gasteiger partial charge in [-0.05, 0) is 50.9 Å². The Morgan fingerprint density at radius 2 is 2.07 bits per heavy atom. The third kappa shape index (κ3) is 1.74. The molecule has 0 aromatic rings. The molecular weight excluding hydrogens is 188 g/mol. The molecule has 1 fully saturated rings. The quantitative estimate of drug-likeness (QED) is 0.601. The summed E-state index contributed by atoms with van der Waals surface area (Å²) in [7, 11) is 0. The van der Waals surface area contributed by atoms with E-state index in [2.05, 4.69) is 19.9 Å². The minimum absolute atomic E-state index is 0.236. The molecule has 0 heterocycles. The lowest BCUT2D eigenvalue weighted by Gasteiger charge is -2.36. The third-order valence-electron chi connectivity index (χ3n) is 4.47. The van der Waals surface area contributed by atoms with Gasteiger partial charge < -0.3 is 10.2 Å². The summed E-state index contributed by atoms with van der Waals surface area (Å²) in [6, 6.07) is 0. The molecule has 0 aromatic carbocycles. The highest BCUT2D eigenvalue weighted by Gasteiger charge is 2.48. The van der Waals surface area contributed by atoms with Crippen LogP contribution in [0.5, 0.6) is 0 Å². The van der Waals surface area contributed by atoms with Gasteiger partial charge in [0.05, 0.1) is 11.7 Å². The molecule has 1 saturated carbocycles. The number of aliphatic hydroxyl groups excluding tert-OH is 1. The summed E-state index contributed by atoms with van der Waals surface area (Å²) < 4.78 is 0. The van der Waals surface area contributed by atoms with Crippen molar-refractivity contribution in [2.45, 2.75) is 51.7 Å². The Hall–Kier alpha value is -0.340. The zero-order valence-corrected chi connectivity index (χ0v) is 9.90. The van der Waals surface area contributed by atoms with Crippen LogP contribution >= 0.6 is 0 Å². The molecule has 0 bridgehead atoms. The molecule has 86 valence electrons. The van der Waals surface area contributed by atoms with Gasteiger partial charge in [0.1, 0.15) is 0 Å². The maximum atomic E-state index is 10.4. The summed E-state index contributed by atoms with van der Waals surface area (Å²) in [6.07, 6.45) is 4.51. The molecule has 0 aromatic heterocycles. The van der Waals surface area contributed by atoms with Crippen LogP contribution < -0.4 is 0 Å². The van der Waals surface area contributed by atoms with Crippen LogP contribution in [0, 0.1) is 17.8 Å². The van der Waals surface area contributed by atoms with Crippen LogP contribution in [0.2, 0.25) is 0 Å². The summed E-state index contributed by atoms with van der Waals surface area (Å²) in [5.41, 5.74) is 0.313. The highest BCUT2D eigenvalue weighted by Crippen LogP contribution is 2.47. The van der Waals surface area contributed by atoms with Gasteiger partial charge in [0, 0.05) is 0 Å². The van der Waals surface area contributed by atoms with Gasteiger partial charge in [-0.25, -0.2) is 0 Å². The van der Waals surface area contributed by atoms with Crippen LogP contribution in [0.4, 0.5) is 0 Å². The van der Waals surface area contributed by atoms with Gasteiger partial charge in [-0.3, -0.25) is 0 Å². The Labute approximate surface area is 92.0 Å². The van der Waals surface area contributed by atoms with E-state index in [0.717, 1.165) is 6.42 Å². The Morgan fingerprint density at radius 1 is 1.40 bits per heavy atom. The lowest BCUT2D eigenvalue weighted by atomic mass is 9.77. The molecule has 0 spiro atoms. The lowest BCUT2D eigenvalue weighted by molar-refractivity contribution is -0.104. The Kier molecular flexibility index (Phi) is 2.68. The van der Waals surface area contributed by atoms with Gasteiger partial charge >= 0.3 is 0 Å².